The second kappa shape index (κ2) is 6.70. The van der Waals surface area contributed by atoms with Crippen molar-refractivity contribution in [3.8, 4) is 0 Å². The van der Waals surface area contributed by atoms with E-state index >= 15 is 0 Å². The van der Waals surface area contributed by atoms with E-state index < -0.39 is 5.41 Å². The number of hydrogen-bond donors (Lipinski definition) is 3. The van der Waals surface area contributed by atoms with E-state index in [0.717, 1.165) is 0 Å². The lowest BCUT2D eigenvalue weighted by Crippen LogP contribution is -2.52. The molecule has 1 unspecified atom stereocenters. The van der Waals surface area contributed by atoms with Gasteiger partial charge in [-0.1, -0.05) is 20.8 Å². The van der Waals surface area contributed by atoms with Gasteiger partial charge in [0.15, 0.2) is 0 Å². The smallest absolute Gasteiger partial charge is 0.239 e. The highest BCUT2D eigenvalue weighted by Gasteiger charge is 2.22. The Hall–Kier alpha value is -1.14. The molecule has 6 heteroatoms. The fourth-order valence-corrected chi connectivity index (χ4v) is 1.48. The molecule has 1 aliphatic heterocycles. The summed E-state index contributed by atoms with van der Waals surface area (Å²) in [5, 5.41) is 8.61. The summed E-state index contributed by atoms with van der Waals surface area (Å²) in [6.45, 7) is 8.16. The summed E-state index contributed by atoms with van der Waals surface area (Å²) in [7, 11) is 0. The third kappa shape index (κ3) is 5.01. The predicted molar refractivity (Wildman–Crippen MR) is 68.1 cm³/mol. The average Bonchev–Trinajstić information content (AvgIpc) is 2.34. The van der Waals surface area contributed by atoms with E-state index in [4.69, 9.17) is 4.74 Å². The highest BCUT2D eigenvalue weighted by molar-refractivity contribution is 5.82. The molecule has 1 aliphatic rings. The van der Waals surface area contributed by atoms with Crippen molar-refractivity contribution in [3.05, 3.63) is 0 Å². The first-order chi connectivity index (χ1) is 8.41. The zero-order valence-electron chi connectivity index (χ0n) is 11.3. The van der Waals surface area contributed by atoms with Gasteiger partial charge in [0.25, 0.3) is 0 Å². The lowest BCUT2D eigenvalue weighted by atomic mass is 9.96. The Balaban J connectivity index is 2.14. The number of hydrogen-bond acceptors (Lipinski definition) is 4. The van der Waals surface area contributed by atoms with Gasteiger partial charge in [0.05, 0.1) is 13.2 Å². The highest BCUT2D eigenvalue weighted by Crippen LogP contribution is 2.11. The van der Waals surface area contributed by atoms with E-state index in [1.54, 1.807) is 0 Å². The minimum Gasteiger partial charge on any atom is -0.378 e. The number of nitrogens with one attached hydrogen (secondary N) is 3. The fourth-order valence-electron chi connectivity index (χ4n) is 1.48. The van der Waals surface area contributed by atoms with E-state index in [9.17, 15) is 9.59 Å². The Morgan fingerprint density at radius 3 is 2.50 bits per heavy atom. The molecule has 0 aromatic carbocycles. The van der Waals surface area contributed by atoms with Crippen molar-refractivity contribution in [2.24, 2.45) is 5.41 Å². The van der Waals surface area contributed by atoms with Gasteiger partial charge in [-0.15, -0.1) is 0 Å². The van der Waals surface area contributed by atoms with E-state index in [1.807, 2.05) is 20.8 Å². The number of rotatable bonds is 4. The van der Waals surface area contributed by atoms with Crippen molar-refractivity contribution in [2.45, 2.75) is 26.8 Å². The van der Waals surface area contributed by atoms with Gasteiger partial charge in [-0.05, 0) is 0 Å². The summed E-state index contributed by atoms with van der Waals surface area (Å²) < 4.78 is 5.20. The molecule has 104 valence electrons. The van der Waals surface area contributed by atoms with Crippen LogP contribution >= 0.6 is 0 Å². The van der Waals surface area contributed by atoms with Crippen LogP contribution in [0.2, 0.25) is 0 Å². The van der Waals surface area contributed by atoms with Gasteiger partial charge in [0.2, 0.25) is 11.8 Å². The predicted octanol–water partition coefficient (Wildman–Crippen LogP) is -0.747. The summed E-state index contributed by atoms with van der Waals surface area (Å²) in [5.74, 6) is -0.101. The van der Waals surface area contributed by atoms with Gasteiger partial charge in [-0.25, -0.2) is 0 Å². The summed E-state index contributed by atoms with van der Waals surface area (Å²) in [6.07, 6.45) is 0. The zero-order valence-corrected chi connectivity index (χ0v) is 11.3. The fraction of sp³-hybridized carbons (Fsp3) is 0.833. The van der Waals surface area contributed by atoms with Crippen molar-refractivity contribution >= 4 is 11.8 Å². The maximum Gasteiger partial charge on any atom is 0.239 e. The van der Waals surface area contributed by atoms with Gasteiger partial charge < -0.3 is 20.7 Å². The molecule has 18 heavy (non-hydrogen) atoms. The average molecular weight is 257 g/mol. The molecule has 0 radical (unpaired) electrons. The van der Waals surface area contributed by atoms with Gasteiger partial charge in [-0.3, -0.25) is 9.59 Å². The van der Waals surface area contributed by atoms with Crippen molar-refractivity contribution in [1.82, 2.24) is 16.0 Å². The zero-order chi connectivity index (χ0) is 13.6. The molecule has 6 nitrogen and oxygen atoms in total. The standard InChI is InChI=1S/C12H23N3O3/c1-12(2,3)11(17)15-5-4-14-10(16)9-8-18-7-6-13-9/h9,13H,4-8H2,1-3H3,(H,14,16)(H,15,17). The molecule has 0 saturated carbocycles. The van der Waals surface area contributed by atoms with Crippen LogP contribution in [0.5, 0.6) is 0 Å². The Bertz CT molecular complexity index is 293. The van der Waals surface area contributed by atoms with Crippen LogP contribution in [0.4, 0.5) is 0 Å². The van der Waals surface area contributed by atoms with E-state index in [0.29, 0.717) is 32.8 Å². The Morgan fingerprint density at radius 2 is 1.94 bits per heavy atom. The number of morpholine rings is 1. The van der Waals surface area contributed by atoms with Gasteiger partial charge >= 0.3 is 0 Å². The molecule has 1 saturated heterocycles. The van der Waals surface area contributed by atoms with Crippen LogP contribution in [-0.4, -0.2) is 50.7 Å². The maximum absolute atomic E-state index is 11.7. The lowest BCUT2D eigenvalue weighted by molar-refractivity contribution is -0.129. The molecular weight excluding hydrogens is 234 g/mol. The molecule has 0 spiro atoms. The molecule has 3 N–H and O–H groups in total. The molecule has 0 aliphatic carbocycles. The van der Waals surface area contributed by atoms with Gasteiger partial charge in [0.1, 0.15) is 6.04 Å². The van der Waals surface area contributed by atoms with Crippen molar-refractivity contribution in [3.63, 3.8) is 0 Å². The quantitative estimate of drug-likeness (QED) is 0.579. The van der Waals surface area contributed by atoms with Gasteiger partial charge in [-0.2, -0.15) is 0 Å². The van der Waals surface area contributed by atoms with Crippen LogP contribution in [0.1, 0.15) is 20.8 Å². The number of carbonyl (C=O) groups excluding carboxylic acids is 2. The number of ether oxygens (including phenoxy) is 1. The van der Waals surface area contributed by atoms with Crippen molar-refractivity contribution in [1.29, 1.82) is 0 Å². The second-order valence-electron chi connectivity index (χ2n) is 5.38. The van der Waals surface area contributed by atoms with E-state index in [2.05, 4.69) is 16.0 Å². The largest absolute Gasteiger partial charge is 0.378 e. The normalized spacial score (nSPS) is 20.3. The van der Waals surface area contributed by atoms with Crippen LogP contribution in [0.15, 0.2) is 0 Å². The Labute approximate surface area is 108 Å². The third-order valence-corrected chi connectivity index (χ3v) is 2.63. The summed E-state index contributed by atoms with van der Waals surface area (Å²) in [5.41, 5.74) is -0.400. The Morgan fingerprint density at radius 1 is 1.28 bits per heavy atom. The number of carbonyl (C=O) groups is 2. The molecule has 1 atom stereocenters. The van der Waals surface area contributed by atoms with Crippen LogP contribution in [0.25, 0.3) is 0 Å². The molecule has 0 bridgehead atoms. The van der Waals surface area contributed by atoms with Crippen LogP contribution < -0.4 is 16.0 Å². The van der Waals surface area contributed by atoms with Crippen LogP contribution in [0, 0.1) is 5.41 Å². The summed E-state index contributed by atoms with van der Waals surface area (Å²) in [4.78, 5) is 23.2. The molecule has 1 rings (SSSR count). The van der Waals surface area contributed by atoms with Crippen molar-refractivity contribution < 1.29 is 14.3 Å². The second-order valence-corrected chi connectivity index (χ2v) is 5.38. The SMILES string of the molecule is CC(C)(C)C(=O)NCCNC(=O)C1COCCN1. The molecule has 2 amide bonds. The maximum atomic E-state index is 11.7. The number of amides is 2. The molecular formula is C12H23N3O3. The molecule has 1 fully saturated rings. The third-order valence-electron chi connectivity index (χ3n) is 2.63. The molecule has 0 aromatic rings. The molecule has 0 aromatic heterocycles. The highest BCUT2D eigenvalue weighted by atomic mass is 16.5. The first kappa shape index (κ1) is 14.9. The van der Waals surface area contributed by atoms with Crippen LogP contribution in [0.3, 0.4) is 0 Å². The lowest BCUT2D eigenvalue weighted by Gasteiger charge is -2.23. The van der Waals surface area contributed by atoms with Crippen LogP contribution in [-0.2, 0) is 14.3 Å². The first-order valence-electron chi connectivity index (χ1n) is 6.28. The van der Waals surface area contributed by atoms with E-state index in [1.165, 1.54) is 0 Å². The van der Waals surface area contributed by atoms with Gasteiger partial charge in [0, 0.05) is 25.0 Å². The first-order valence-corrected chi connectivity index (χ1v) is 6.28. The van der Waals surface area contributed by atoms with E-state index in [-0.39, 0.29) is 17.9 Å². The summed E-state index contributed by atoms with van der Waals surface area (Å²) >= 11 is 0. The minimum absolute atomic E-state index is 0.0177. The summed E-state index contributed by atoms with van der Waals surface area (Å²) in [6, 6.07) is -0.280. The molecule has 1 heterocycles. The topological polar surface area (TPSA) is 79.5 Å². The Kier molecular flexibility index (Phi) is 5.55. The van der Waals surface area contributed by atoms with Crippen molar-refractivity contribution in [2.75, 3.05) is 32.8 Å². The monoisotopic (exact) mass is 257 g/mol. The minimum atomic E-state index is -0.400.